The van der Waals surface area contributed by atoms with E-state index in [4.69, 9.17) is 4.74 Å². The minimum Gasteiger partial charge on any atom is -0.496 e. The molecule has 25 heavy (non-hydrogen) atoms. The van der Waals surface area contributed by atoms with E-state index in [0.29, 0.717) is 6.54 Å². The monoisotopic (exact) mass is 352 g/mol. The summed E-state index contributed by atoms with van der Waals surface area (Å²) in [5.74, 6) is 0.356. The van der Waals surface area contributed by atoms with E-state index >= 15 is 0 Å². The van der Waals surface area contributed by atoms with Gasteiger partial charge in [-0.25, -0.2) is 0 Å². The van der Waals surface area contributed by atoms with Gasteiger partial charge in [0.1, 0.15) is 17.4 Å². The summed E-state index contributed by atoms with van der Waals surface area (Å²) in [4.78, 5) is 13.2. The first-order chi connectivity index (χ1) is 12.2. The van der Waals surface area contributed by atoms with Crippen LogP contribution in [-0.4, -0.2) is 25.8 Å². The predicted octanol–water partition coefficient (Wildman–Crippen LogP) is 3.68. The van der Waals surface area contributed by atoms with E-state index in [-0.39, 0.29) is 11.5 Å². The van der Waals surface area contributed by atoms with Crippen molar-refractivity contribution in [2.75, 3.05) is 19.9 Å². The molecule has 0 aliphatic rings. The van der Waals surface area contributed by atoms with Crippen LogP contribution in [0.2, 0.25) is 0 Å². The zero-order valence-corrected chi connectivity index (χ0v) is 15.1. The number of carbonyl (C=O) groups is 1. The number of amides is 1. The van der Waals surface area contributed by atoms with Crippen molar-refractivity contribution >= 4 is 23.7 Å². The first-order valence-electron chi connectivity index (χ1n) is 7.84. The average Bonchev–Trinajstić information content (AvgIpc) is 2.66. The quantitative estimate of drug-likeness (QED) is 0.469. The number of ether oxygens (including phenoxy) is 1. The maximum absolute atomic E-state index is 12.2. The van der Waals surface area contributed by atoms with Crippen LogP contribution in [0, 0.1) is 11.3 Å². The summed E-state index contributed by atoms with van der Waals surface area (Å²) in [5, 5.41) is 12.1. The number of carbonyl (C=O) groups excluding carboxylic acids is 1. The van der Waals surface area contributed by atoms with Crippen molar-refractivity contribution in [3.8, 4) is 11.8 Å². The van der Waals surface area contributed by atoms with Crippen LogP contribution in [0.3, 0.4) is 0 Å². The normalized spacial score (nSPS) is 10.8. The fourth-order valence-electron chi connectivity index (χ4n) is 2.32. The molecule has 2 aromatic rings. The molecular weight excluding hydrogens is 332 g/mol. The fraction of sp³-hybridized carbons (Fsp3) is 0.200. The first kappa shape index (κ1) is 18.6. The Labute approximate surface area is 152 Å². The second kappa shape index (κ2) is 9.55. The molecule has 0 spiro atoms. The summed E-state index contributed by atoms with van der Waals surface area (Å²) in [7, 11) is 1.60. The highest BCUT2D eigenvalue weighted by molar-refractivity contribution is 7.98. The Hall–Kier alpha value is -2.71. The molecule has 0 unspecified atom stereocenters. The van der Waals surface area contributed by atoms with Gasteiger partial charge in [0.05, 0.1) is 7.11 Å². The summed E-state index contributed by atoms with van der Waals surface area (Å²) >= 11 is 1.58. The third kappa shape index (κ3) is 5.40. The maximum Gasteiger partial charge on any atom is 0.261 e. The van der Waals surface area contributed by atoms with E-state index in [1.54, 1.807) is 24.9 Å². The lowest BCUT2D eigenvalue weighted by Gasteiger charge is -2.08. The maximum atomic E-state index is 12.2. The molecule has 0 heterocycles. The zero-order chi connectivity index (χ0) is 18.1. The molecule has 5 heteroatoms. The Bertz CT molecular complexity index is 795. The Morgan fingerprint density at radius 3 is 2.68 bits per heavy atom. The second-order valence-electron chi connectivity index (χ2n) is 5.28. The highest BCUT2D eigenvalue weighted by Crippen LogP contribution is 2.29. The van der Waals surface area contributed by atoms with Gasteiger partial charge in [0.2, 0.25) is 0 Å². The first-order valence-corrected chi connectivity index (χ1v) is 9.06. The Kier molecular flexibility index (Phi) is 7.12. The van der Waals surface area contributed by atoms with Crippen molar-refractivity contribution in [2.24, 2.45) is 0 Å². The molecule has 1 amide bonds. The molecule has 0 bridgehead atoms. The van der Waals surface area contributed by atoms with Crippen LogP contribution in [0.25, 0.3) is 6.08 Å². The molecule has 2 aromatic carbocycles. The lowest BCUT2D eigenvalue weighted by molar-refractivity contribution is -0.117. The largest absolute Gasteiger partial charge is 0.496 e. The van der Waals surface area contributed by atoms with E-state index < -0.39 is 0 Å². The molecule has 0 aromatic heterocycles. The smallest absolute Gasteiger partial charge is 0.261 e. The summed E-state index contributed by atoms with van der Waals surface area (Å²) in [5.41, 5.74) is 1.97. The lowest BCUT2D eigenvalue weighted by Crippen LogP contribution is -2.26. The highest BCUT2D eigenvalue weighted by atomic mass is 32.2. The number of thioether (sulfide) groups is 1. The van der Waals surface area contributed by atoms with E-state index in [2.05, 4.69) is 5.32 Å². The van der Waals surface area contributed by atoms with Crippen molar-refractivity contribution in [1.29, 1.82) is 5.26 Å². The van der Waals surface area contributed by atoms with Crippen molar-refractivity contribution in [3.63, 3.8) is 0 Å². The van der Waals surface area contributed by atoms with Crippen molar-refractivity contribution < 1.29 is 9.53 Å². The van der Waals surface area contributed by atoms with Crippen LogP contribution >= 0.6 is 11.8 Å². The number of methoxy groups -OCH3 is 1. The van der Waals surface area contributed by atoms with E-state index in [1.165, 1.54) is 0 Å². The van der Waals surface area contributed by atoms with E-state index in [9.17, 15) is 10.1 Å². The minimum atomic E-state index is -0.369. The Balaban J connectivity index is 2.04. The number of benzene rings is 2. The molecule has 0 aliphatic carbocycles. The van der Waals surface area contributed by atoms with Gasteiger partial charge in [0.15, 0.2) is 0 Å². The highest BCUT2D eigenvalue weighted by Gasteiger charge is 2.09. The second-order valence-corrected chi connectivity index (χ2v) is 6.12. The third-order valence-electron chi connectivity index (χ3n) is 3.63. The molecule has 0 fully saturated rings. The van der Waals surface area contributed by atoms with Gasteiger partial charge >= 0.3 is 0 Å². The van der Waals surface area contributed by atoms with Gasteiger partial charge in [-0.15, -0.1) is 11.8 Å². The summed E-state index contributed by atoms with van der Waals surface area (Å²) < 4.78 is 5.33. The molecule has 1 N–H and O–H groups in total. The number of rotatable bonds is 7. The zero-order valence-electron chi connectivity index (χ0n) is 14.3. The molecular formula is C20H20N2O2S. The van der Waals surface area contributed by atoms with Crippen LogP contribution < -0.4 is 10.1 Å². The van der Waals surface area contributed by atoms with Crippen molar-refractivity contribution in [3.05, 3.63) is 65.2 Å². The van der Waals surface area contributed by atoms with Crippen LogP contribution in [0.4, 0.5) is 0 Å². The molecule has 0 radical (unpaired) electrons. The number of nitrogens with one attached hydrogen (secondary N) is 1. The van der Waals surface area contributed by atoms with Crippen LogP contribution in [0.1, 0.15) is 11.1 Å². The summed E-state index contributed by atoms with van der Waals surface area (Å²) in [6, 6.07) is 17.5. The molecule has 2 rings (SSSR count). The standard InChI is InChI=1S/C20H20N2O2S/c1-24-18-13-16(8-9-19(18)25-2)12-17(14-21)20(23)22-11-10-15-6-4-3-5-7-15/h3-9,12-13H,10-11H2,1-2H3,(H,22,23). The molecule has 0 saturated carbocycles. The molecule has 0 aliphatic heterocycles. The SMILES string of the molecule is COc1cc(C=C(C#N)C(=O)NCCc2ccccc2)ccc1SC. The fourth-order valence-corrected chi connectivity index (χ4v) is 2.87. The summed E-state index contributed by atoms with van der Waals surface area (Å²) in [6.07, 6.45) is 4.26. The van der Waals surface area contributed by atoms with Gasteiger partial charge in [-0.3, -0.25) is 4.79 Å². The average molecular weight is 352 g/mol. The van der Waals surface area contributed by atoms with E-state index in [0.717, 1.165) is 28.2 Å². The molecule has 4 nitrogen and oxygen atoms in total. The number of nitrogens with zero attached hydrogens (tertiary/aromatic N) is 1. The minimum absolute atomic E-state index is 0.0759. The lowest BCUT2D eigenvalue weighted by atomic mass is 10.1. The topological polar surface area (TPSA) is 62.1 Å². The van der Waals surface area contributed by atoms with Gasteiger partial charge in [0.25, 0.3) is 5.91 Å². The number of hydrogen-bond acceptors (Lipinski definition) is 4. The third-order valence-corrected chi connectivity index (χ3v) is 4.40. The van der Waals surface area contributed by atoms with Crippen molar-refractivity contribution in [2.45, 2.75) is 11.3 Å². The van der Waals surface area contributed by atoms with E-state index in [1.807, 2.05) is 60.9 Å². The predicted molar refractivity (Wildman–Crippen MR) is 102 cm³/mol. The number of hydrogen-bond donors (Lipinski definition) is 1. The molecule has 0 saturated heterocycles. The van der Waals surface area contributed by atoms with Crippen LogP contribution in [0.5, 0.6) is 5.75 Å². The van der Waals surface area contributed by atoms with Gasteiger partial charge in [0, 0.05) is 11.4 Å². The van der Waals surface area contributed by atoms with Gasteiger partial charge in [-0.05, 0) is 42.0 Å². The Morgan fingerprint density at radius 2 is 2.04 bits per heavy atom. The van der Waals surface area contributed by atoms with Gasteiger partial charge in [-0.1, -0.05) is 36.4 Å². The van der Waals surface area contributed by atoms with Crippen LogP contribution in [0.15, 0.2) is 59.0 Å². The van der Waals surface area contributed by atoms with Gasteiger partial charge < -0.3 is 10.1 Å². The van der Waals surface area contributed by atoms with Gasteiger partial charge in [-0.2, -0.15) is 5.26 Å². The van der Waals surface area contributed by atoms with Crippen molar-refractivity contribution in [1.82, 2.24) is 5.32 Å². The molecule has 128 valence electrons. The molecule has 0 atom stereocenters. The Morgan fingerprint density at radius 1 is 1.28 bits per heavy atom. The number of nitriles is 1. The summed E-state index contributed by atoms with van der Waals surface area (Å²) in [6.45, 7) is 0.483. The van der Waals surface area contributed by atoms with Crippen LogP contribution in [-0.2, 0) is 11.2 Å².